The lowest BCUT2D eigenvalue weighted by atomic mass is 9.78. The highest BCUT2D eigenvalue weighted by molar-refractivity contribution is 5.96. The molecule has 10 heteroatoms. The maximum Gasteiger partial charge on any atom is 0.504 e. The van der Waals surface area contributed by atoms with E-state index < -0.39 is 40.6 Å². The number of halogens is 6. The largest absolute Gasteiger partial charge is 0.504 e. The fourth-order valence-corrected chi connectivity index (χ4v) is 2.92. The SMILES string of the molecule is O=C(NC1(C(F)(F)F)CC=CC=C1c1ccccc1)c1cnn(C(F)(F)F)c1. The van der Waals surface area contributed by atoms with Gasteiger partial charge in [-0.15, -0.1) is 13.2 Å². The summed E-state index contributed by atoms with van der Waals surface area (Å²) in [5.74, 6) is -1.31. The van der Waals surface area contributed by atoms with Gasteiger partial charge in [0, 0.05) is 12.6 Å². The fourth-order valence-electron chi connectivity index (χ4n) is 2.92. The number of hydrogen-bond donors (Lipinski definition) is 1. The third-order valence-corrected chi connectivity index (χ3v) is 4.28. The Bertz CT molecular complexity index is 927. The van der Waals surface area contributed by atoms with Gasteiger partial charge in [-0.25, -0.2) is 0 Å². The normalized spacial score (nSPS) is 20.0. The summed E-state index contributed by atoms with van der Waals surface area (Å²) in [6.45, 7) is 0. The molecule has 1 unspecified atom stereocenters. The summed E-state index contributed by atoms with van der Waals surface area (Å²) in [5, 5.41) is 4.88. The van der Waals surface area contributed by atoms with Crippen molar-refractivity contribution in [3.8, 4) is 0 Å². The average Bonchev–Trinajstić information content (AvgIpc) is 3.12. The van der Waals surface area contributed by atoms with Gasteiger partial charge < -0.3 is 5.32 Å². The molecule has 4 nitrogen and oxygen atoms in total. The zero-order chi connectivity index (χ0) is 20.6. The van der Waals surface area contributed by atoms with Gasteiger partial charge in [0.25, 0.3) is 5.91 Å². The number of aromatic nitrogens is 2. The van der Waals surface area contributed by atoms with Gasteiger partial charge in [0.2, 0.25) is 0 Å². The number of benzene rings is 1. The van der Waals surface area contributed by atoms with Gasteiger partial charge in [0.1, 0.15) is 0 Å². The van der Waals surface area contributed by atoms with Crippen LogP contribution in [0.2, 0.25) is 0 Å². The summed E-state index contributed by atoms with van der Waals surface area (Å²) in [6.07, 6.45) is -5.60. The van der Waals surface area contributed by atoms with Crippen molar-refractivity contribution >= 4 is 11.5 Å². The van der Waals surface area contributed by atoms with Crippen LogP contribution in [0.5, 0.6) is 0 Å². The van der Waals surface area contributed by atoms with E-state index in [0.717, 1.165) is 0 Å². The van der Waals surface area contributed by atoms with E-state index >= 15 is 0 Å². The first-order valence-corrected chi connectivity index (χ1v) is 7.98. The summed E-state index contributed by atoms with van der Waals surface area (Å²) < 4.78 is 79.8. The van der Waals surface area contributed by atoms with Gasteiger partial charge in [0.05, 0.1) is 11.8 Å². The Morgan fingerprint density at radius 2 is 1.79 bits per heavy atom. The van der Waals surface area contributed by atoms with E-state index in [0.29, 0.717) is 12.4 Å². The number of hydrogen-bond acceptors (Lipinski definition) is 2. The number of alkyl halides is 6. The molecule has 28 heavy (non-hydrogen) atoms. The predicted octanol–water partition coefficient (Wildman–Crippen LogP) is 4.43. The van der Waals surface area contributed by atoms with E-state index in [1.807, 2.05) is 5.32 Å². The van der Waals surface area contributed by atoms with E-state index in [9.17, 15) is 31.1 Å². The molecule has 1 aromatic carbocycles. The number of amides is 1. The van der Waals surface area contributed by atoms with Crippen LogP contribution in [0.3, 0.4) is 0 Å². The molecule has 1 aliphatic carbocycles. The highest BCUT2D eigenvalue weighted by Gasteiger charge is 2.58. The third-order valence-electron chi connectivity index (χ3n) is 4.28. The van der Waals surface area contributed by atoms with Gasteiger partial charge in [-0.1, -0.05) is 48.6 Å². The van der Waals surface area contributed by atoms with Crippen LogP contribution in [0.1, 0.15) is 22.3 Å². The molecule has 0 spiro atoms. The Kier molecular flexibility index (Phi) is 4.82. The molecule has 148 valence electrons. The van der Waals surface area contributed by atoms with Crippen LogP contribution in [0, 0.1) is 0 Å². The Balaban J connectivity index is 2.01. The lowest BCUT2D eigenvalue weighted by Crippen LogP contribution is -2.59. The first-order valence-electron chi connectivity index (χ1n) is 7.98. The standard InChI is InChI=1S/C18H13F6N3O/c19-17(20,21)16(9-5-4-8-14(16)12-6-2-1-3-7-12)26-15(28)13-10-25-27(11-13)18(22,23)24/h1-8,10-11H,9H2,(H,26,28). The van der Waals surface area contributed by atoms with E-state index in [4.69, 9.17) is 0 Å². The Morgan fingerprint density at radius 3 is 2.36 bits per heavy atom. The van der Waals surface area contributed by atoms with Crippen molar-refractivity contribution in [2.24, 2.45) is 0 Å². The Morgan fingerprint density at radius 1 is 1.11 bits per heavy atom. The maximum absolute atomic E-state index is 14.1. The monoisotopic (exact) mass is 401 g/mol. The molecule has 0 radical (unpaired) electrons. The minimum Gasteiger partial charge on any atom is -0.334 e. The zero-order valence-electron chi connectivity index (χ0n) is 14.1. The molecule has 0 bridgehead atoms. The molecule has 0 saturated heterocycles. The average molecular weight is 401 g/mol. The number of nitrogens with one attached hydrogen (secondary N) is 1. The van der Waals surface area contributed by atoms with E-state index in [1.54, 1.807) is 18.2 Å². The summed E-state index contributed by atoms with van der Waals surface area (Å²) in [7, 11) is 0. The molecule has 1 atom stereocenters. The van der Waals surface area contributed by atoms with Crippen LogP contribution in [0.25, 0.3) is 5.57 Å². The molecule has 1 aliphatic rings. The van der Waals surface area contributed by atoms with E-state index in [2.05, 4.69) is 5.10 Å². The maximum atomic E-state index is 14.1. The second kappa shape index (κ2) is 6.84. The van der Waals surface area contributed by atoms with Gasteiger partial charge in [-0.2, -0.15) is 23.0 Å². The highest BCUT2D eigenvalue weighted by atomic mass is 19.4. The van der Waals surface area contributed by atoms with Gasteiger partial charge in [-0.3, -0.25) is 4.79 Å². The number of carbonyl (C=O) groups is 1. The van der Waals surface area contributed by atoms with Crippen molar-refractivity contribution < 1.29 is 31.1 Å². The highest BCUT2D eigenvalue weighted by Crippen LogP contribution is 2.45. The second-order valence-corrected chi connectivity index (χ2v) is 6.08. The first kappa shape index (κ1) is 19.7. The summed E-state index contributed by atoms with van der Waals surface area (Å²) in [4.78, 5) is 12.4. The number of allylic oxidation sites excluding steroid dienone is 2. The number of carbonyl (C=O) groups excluding carboxylic acids is 1. The smallest absolute Gasteiger partial charge is 0.334 e. The molecule has 0 aliphatic heterocycles. The molecule has 1 amide bonds. The Hall–Kier alpha value is -3.04. The van der Waals surface area contributed by atoms with E-state index in [1.165, 1.54) is 30.4 Å². The van der Waals surface area contributed by atoms with Crippen molar-refractivity contribution in [1.29, 1.82) is 0 Å². The number of nitrogens with zero attached hydrogens (tertiary/aromatic N) is 2. The van der Waals surface area contributed by atoms with Crippen molar-refractivity contribution in [3.63, 3.8) is 0 Å². The molecular formula is C18H13F6N3O. The third kappa shape index (κ3) is 3.54. The topological polar surface area (TPSA) is 46.9 Å². The predicted molar refractivity (Wildman–Crippen MR) is 88.0 cm³/mol. The molecule has 3 rings (SSSR count). The lowest BCUT2D eigenvalue weighted by Gasteiger charge is -2.39. The number of rotatable bonds is 3. The van der Waals surface area contributed by atoms with Crippen molar-refractivity contribution in [3.05, 3.63) is 72.1 Å². The molecule has 1 aromatic heterocycles. The Labute approximate surface area is 155 Å². The summed E-state index contributed by atoms with van der Waals surface area (Å²) >= 11 is 0. The van der Waals surface area contributed by atoms with Crippen LogP contribution >= 0.6 is 0 Å². The van der Waals surface area contributed by atoms with Crippen molar-refractivity contribution in [2.45, 2.75) is 24.4 Å². The minimum atomic E-state index is -4.91. The summed E-state index contributed by atoms with van der Waals surface area (Å²) in [5.41, 5.74) is -3.40. The van der Waals surface area contributed by atoms with Crippen LogP contribution in [0.15, 0.2) is 61.0 Å². The molecule has 2 aromatic rings. The second-order valence-electron chi connectivity index (χ2n) is 6.08. The lowest BCUT2D eigenvalue weighted by molar-refractivity contribution is -0.212. The van der Waals surface area contributed by atoms with Gasteiger partial charge in [-0.05, 0) is 11.1 Å². The molecule has 0 fully saturated rings. The zero-order valence-corrected chi connectivity index (χ0v) is 14.1. The summed E-state index contributed by atoms with van der Waals surface area (Å²) in [6, 6.07) is 7.64. The fraction of sp³-hybridized carbons (Fsp3) is 0.222. The first-order chi connectivity index (χ1) is 13.0. The molecule has 1 heterocycles. The molecule has 1 N–H and O–H groups in total. The van der Waals surface area contributed by atoms with Crippen molar-refractivity contribution in [1.82, 2.24) is 15.1 Å². The minimum absolute atomic E-state index is 0.209. The quantitative estimate of drug-likeness (QED) is 0.774. The van der Waals surface area contributed by atoms with Crippen LogP contribution < -0.4 is 5.32 Å². The van der Waals surface area contributed by atoms with Crippen LogP contribution in [-0.4, -0.2) is 27.4 Å². The van der Waals surface area contributed by atoms with Crippen molar-refractivity contribution in [2.75, 3.05) is 0 Å². The van der Waals surface area contributed by atoms with Gasteiger partial charge >= 0.3 is 12.5 Å². The molecule has 0 saturated carbocycles. The van der Waals surface area contributed by atoms with Gasteiger partial charge in [0.15, 0.2) is 5.54 Å². The van der Waals surface area contributed by atoms with E-state index in [-0.39, 0.29) is 11.1 Å². The molecular weight excluding hydrogens is 388 g/mol. The van der Waals surface area contributed by atoms with Crippen LogP contribution in [0.4, 0.5) is 26.3 Å². The van der Waals surface area contributed by atoms with Crippen LogP contribution in [-0.2, 0) is 6.30 Å².